The van der Waals surface area contributed by atoms with E-state index in [1.165, 1.54) is 29.3 Å². The van der Waals surface area contributed by atoms with E-state index in [0.717, 1.165) is 17.0 Å². The molecule has 0 spiro atoms. The number of carbonyl (C=O) groups is 3. The van der Waals surface area contributed by atoms with Crippen LogP contribution in [-0.2, 0) is 16.0 Å². The molecule has 4 amide bonds. The highest BCUT2D eigenvalue weighted by atomic mass is 32.2. The number of amides is 4. The van der Waals surface area contributed by atoms with Crippen molar-refractivity contribution in [2.75, 3.05) is 32.2 Å². The number of imide groups is 1. The molecule has 0 saturated carbocycles. The van der Waals surface area contributed by atoms with Gasteiger partial charge in [0.2, 0.25) is 5.91 Å². The van der Waals surface area contributed by atoms with Gasteiger partial charge < -0.3 is 15.1 Å². The molecule has 9 heteroatoms. The first-order valence-electron chi connectivity index (χ1n) is 8.70. The number of fused-ring (bicyclic) bond motifs is 1. The maximum Gasteiger partial charge on any atom is 0.327 e. The van der Waals surface area contributed by atoms with E-state index in [0.29, 0.717) is 5.17 Å². The summed E-state index contributed by atoms with van der Waals surface area (Å²) in [7, 11) is 4.88. The summed E-state index contributed by atoms with van der Waals surface area (Å²) >= 11 is 1.25. The third kappa shape index (κ3) is 3.64. The van der Waals surface area contributed by atoms with Crippen molar-refractivity contribution in [3.05, 3.63) is 29.8 Å². The van der Waals surface area contributed by atoms with Gasteiger partial charge in [0.15, 0.2) is 11.2 Å². The van der Waals surface area contributed by atoms with E-state index in [-0.39, 0.29) is 23.6 Å². The number of benzene rings is 1. The topological polar surface area (TPSA) is 85.3 Å². The molecule has 0 aliphatic carbocycles. The van der Waals surface area contributed by atoms with E-state index < -0.39 is 12.2 Å². The lowest BCUT2D eigenvalue weighted by Crippen LogP contribution is -2.63. The van der Waals surface area contributed by atoms with E-state index in [2.05, 4.69) is 17.2 Å². The lowest BCUT2D eigenvalue weighted by atomic mass is 10.1. The average molecular weight is 389 g/mol. The predicted molar refractivity (Wildman–Crippen MR) is 106 cm³/mol. The summed E-state index contributed by atoms with van der Waals surface area (Å²) < 4.78 is 0. The van der Waals surface area contributed by atoms with Crippen LogP contribution < -0.4 is 5.32 Å². The number of nitrogens with one attached hydrogen (secondary N) is 1. The van der Waals surface area contributed by atoms with Gasteiger partial charge in [-0.3, -0.25) is 14.5 Å². The zero-order valence-corrected chi connectivity index (χ0v) is 16.6. The maximum atomic E-state index is 12.3. The van der Waals surface area contributed by atoms with Crippen LogP contribution in [-0.4, -0.2) is 76.8 Å². The van der Waals surface area contributed by atoms with Crippen molar-refractivity contribution in [2.45, 2.75) is 25.6 Å². The molecule has 1 aromatic rings. The molecule has 2 aliphatic heterocycles. The average Bonchev–Trinajstić information content (AvgIpc) is 3.00. The lowest BCUT2D eigenvalue weighted by molar-refractivity contribution is -0.134. The van der Waals surface area contributed by atoms with E-state index >= 15 is 0 Å². The maximum absolute atomic E-state index is 12.3. The molecule has 0 unspecified atom stereocenters. The van der Waals surface area contributed by atoms with E-state index in [4.69, 9.17) is 0 Å². The highest BCUT2D eigenvalue weighted by Crippen LogP contribution is 2.29. The fraction of sp³-hybridized carbons (Fsp3) is 0.444. The van der Waals surface area contributed by atoms with Crippen molar-refractivity contribution < 1.29 is 14.4 Å². The number of thioether (sulfide) groups is 1. The van der Waals surface area contributed by atoms with Crippen LogP contribution in [0.5, 0.6) is 0 Å². The van der Waals surface area contributed by atoms with Crippen molar-refractivity contribution >= 4 is 40.5 Å². The first-order chi connectivity index (χ1) is 12.8. The molecular weight excluding hydrogens is 366 g/mol. The molecular formula is C18H23N5O3S. The summed E-state index contributed by atoms with van der Waals surface area (Å²) in [5.41, 5.74) is 1.95. The minimum absolute atomic E-state index is 0.150. The van der Waals surface area contributed by atoms with Crippen LogP contribution in [0.25, 0.3) is 0 Å². The molecule has 2 atom stereocenters. The number of rotatable bonds is 4. The van der Waals surface area contributed by atoms with Crippen molar-refractivity contribution in [1.29, 1.82) is 0 Å². The number of likely N-dealkylation sites (N-methyl/N-ethyl adjacent to an activating group) is 3. The van der Waals surface area contributed by atoms with Crippen LogP contribution in [0.15, 0.2) is 29.3 Å². The summed E-state index contributed by atoms with van der Waals surface area (Å²) in [6.07, 6.45) is 0.497. The van der Waals surface area contributed by atoms with Crippen LogP contribution in [0, 0.1) is 0 Å². The van der Waals surface area contributed by atoms with Crippen molar-refractivity contribution in [1.82, 2.24) is 14.7 Å². The Kier molecular flexibility index (Phi) is 5.41. The molecule has 0 bridgehead atoms. The second kappa shape index (κ2) is 7.59. The molecule has 2 heterocycles. The second-order valence-corrected chi connectivity index (χ2v) is 7.50. The minimum atomic E-state index is -0.658. The molecule has 1 N–H and O–H groups in total. The van der Waals surface area contributed by atoms with E-state index in [1.807, 2.05) is 24.3 Å². The Bertz CT molecular complexity index is 795. The summed E-state index contributed by atoms with van der Waals surface area (Å²) in [4.78, 5) is 45.5. The molecule has 27 heavy (non-hydrogen) atoms. The van der Waals surface area contributed by atoms with Crippen LogP contribution in [0.1, 0.15) is 12.5 Å². The Morgan fingerprint density at radius 3 is 2.44 bits per heavy atom. The predicted octanol–water partition coefficient (Wildman–Crippen LogP) is 1.44. The van der Waals surface area contributed by atoms with E-state index in [1.54, 1.807) is 19.0 Å². The van der Waals surface area contributed by atoms with Crippen LogP contribution in [0.3, 0.4) is 0 Å². The number of carbonyl (C=O) groups excluding carboxylic acids is 3. The molecule has 0 aromatic heterocycles. The molecule has 1 saturated heterocycles. The van der Waals surface area contributed by atoms with Crippen LogP contribution >= 0.6 is 11.8 Å². The fourth-order valence-corrected chi connectivity index (χ4v) is 4.02. The number of urea groups is 1. The number of aliphatic imine (C=N–C) groups is 1. The second-order valence-electron chi connectivity index (χ2n) is 6.56. The molecule has 1 aromatic carbocycles. The summed E-state index contributed by atoms with van der Waals surface area (Å²) in [6.45, 7) is 2.08. The Morgan fingerprint density at radius 1 is 1.15 bits per heavy atom. The van der Waals surface area contributed by atoms with Crippen molar-refractivity contribution in [2.24, 2.45) is 4.99 Å². The first kappa shape index (κ1) is 19.2. The zero-order valence-electron chi connectivity index (χ0n) is 15.8. The SMILES string of the molecule is CCc1ccc(NC(=O)CSC2=N[C@@H]3C(=O)N(C)C(=O)N(C)[C@H]3N2C)cc1. The van der Waals surface area contributed by atoms with Gasteiger partial charge in [-0.2, -0.15) is 0 Å². The zero-order chi connectivity index (χ0) is 19.7. The van der Waals surface area contributed by atoms with E-state index in [9.17, 15) is 14.4 Å². The highest BCUT2D eigenvalue weighted by Gasteiger charge is 2.49. The summed E-state index contributed by atoms with van der Waals surface area (Å²) in [6, 6.07) is 6.71. The largest absolute Gasteiger partial charge is 0.331 e. The molecule has 1 fully saturated rings. The smallest absolute Gasteiger partial charge is 0.327 e. The Balaban J connectivity index is 1.61. The quantitative estimate of drug-likeness (QED) is 0.842. The van der Waals surface area contributed by atoms with Crippen molar-refractivity contribution in [3.8, 4) is 0 Å². The van der Waals surface area contributed by atoms with Gasteiger partial charge in [-0.05, 0) is 24.1 Å². The van der Waals surface area contributed by atoms with Crippen molar-refractivity contribution in [3.63, 3.8) is 0 Å². The Hall–Kier alpha value is -2.55. The third-order valence-corrected chi connectivity index (χ3v) is 5.84. The number of nitrogens with zero attached hydrogens (tertiary/aromatic N) is 4. The van der Waals surface area contributed by atoms with Crippen LogP contribution in [0.2, 0.25) is 0 Å². The normalized spacial score (nSPS) is 22.1. The van der Waals surface area contributed by atoms with Gasteiger partial charge >= 0.3 is 6.03 Å². The Morgan fingerprint density at radius 2 is 1.81 bits per heavy atom. The van der Waals surface area contributed by atoms with Gasteiger partial charge in [-0.1, -0.05) is 30.8 Å². The number of hydrogen-bond acceptors (Lipinski definition) is 6. The molecule has 144 valence electrons. The summed E-state index contributed by atoms with van der Waals surface area (Å²) in [5, 5.41) is 3.43. The molecule has 0 radical (unpaired) electrons. The fourth-order valence-electron chi connectivity index (χ4n) is 3.19. The van der Waals surface area contributed by atoms with Gasteiger partial charge in [-0.25, -0.2) is 9.79 Å². The van der Waals surface area contributed by atoms with Gasteiger partial charge in [0.25, 0.3) is 5.91 Å². The highest BCUT2D eigenvalue weighted by molar-refractivity contribution is 8.14. The monoisotopic (exact) mass is 389 g/mol. The lowest BCUT2D eigenvalue weighted by Gasteiger charge is -2.40. The molecule has 2 aliphatic rings. The number of aryl methyl sites for hydroxylation is 1. The van der Waals surface area contributed by atoms with Gasteiger partial charge in [0.1, 0.15) is 6.17 Å². The summed E-state index contributed by atoms with van der Waals surface area (Å²) in [5.74, 6) is -0.311. The molecule has 3 rings (SSSR count). The van der Waals surface area contributed by atoms with Gasteiger partial charge in [-0.15, -0.1) is 0 Å². The standard InChI is InChI=1S/C18H23N5O3S/c1-5-11-6-8-12(9-7-11)19-13(24)10-27-17-20-14-15(21(17)2)22(3)18(26)23(4)16(14)25/h6-9,14-15H,5,10H2,1-4H3,(H,19,24)/t14-,15+/m0/s1. The third-order valence-electron chi connectivity index (χ3n) is 4.78. The minimum Gasteiger partial charge on any atom is -0.331 e. The molecule has 8 nitrogen and oxygen atoms in total. The first-order valence-corrected chi connectivity index (χ1v) is 9.68. The van der Waals surface area contributed by atoms with Gasteiger partial charge in [0, 0.05) is 26.8 Å². The number of anilines is 1. The van der Waals surface area contributed by atoms with Crippen LogP contribution in [0.4, 0.5) is 10.5 Å². The number of amidine groups is 1. The van der Waals surface area contributed by atoms with Gasteiger partial charge in [0.05, 0.1) is 5.75 Å². The Labute approximate surface area is 162 Å². The number of hydrogen-bond donors (Lipinski definition) is 1.